The highest BCUT2D eigenvalue weighted by Crippen LogP contribution is 2.30. The monoisotopic (exact) mass is 547 g/mol. The Hall–Kier alpha value is -0.470. The summed E-state index contributed by atoms with van der Waals surface area (Å²) in [6.07, 6.45) is -1.10. The predicted molar refractivity (Wildman–Crippen MR) is 122 cm³/mol. The second kappa shape index (κ2) is 9.83. The Morgan fingerprint density at radius 2 is 1.63 bits per heavy atom. The first-order chi connectivity index (χ1) is 12.6. The average Bonchev–Trinajstić information content (AvgIpc) is 2.57. The lowest BCUT2D eigenvalue weighted by Gasteiger charge is -2.27. The highest BCUT2D eigenvalue weighted by Gasteiger charge is 2.34. The van der Waals surface area contributed by atoms with Gasteiger partial charge in [-0.2, -0.15) is 0 Å². The van der Waals surface area contributed by atoms with Crippen molar-refractivity contribution >= 4 is 103 Å². The third-order valence-corrected chi connectivity index (χ3v) is 5.30. The number of nitrogens with one attached hydrogen (secondary N) is 3. The fourth-order valence-corrected chi connectivity index (χ4v) is 3.01. The van der Waals surface area contributed by atoms with Crippen LogP contribution in [0.2, 0.25) is 10.0 Å². The van der Waals surface area contributed by atoms with E-state index in [1.807, 2.05) is 0 Å². The third-order valence-electron chi connectivity index (χ3n) is 3.16. The minimum atomic E-state index is -1.87. The third kappa shape index (κ3) is 7.13. The van der Waals surface area contributed by atoms with Crippen LogP contribution in [0.25, 0.3) is 0 Å². The van der Waals surface area contributed by atoms with E-state index in [9.17, 15) is 4.79 Å². The van der Waals surface area contributed by atoms with Gasteiger partial charge in [-0.3, -0.25) is 4.79 Å². The number of carbonyl (C=O) groups excluding carboxylic acids is 1. The van der Waals surface area contributed by atoms with E-state index in [4.69, 9.17) is 70.2 Å². The van der Waals surface area contributed by atoms with Gasteiger partial charge in [-0.25, -0.2) is 0 Å². The minimum Gasteiger partial charge on any atom is -0.339 e. The molecule has 0 heterocycles. The number of amides is 1. The van der Waals surface area contributed by atoms with Gasteiger partial charge < -0.3 is 16.0 Å². The number of carbonyl (C=O) groups is 1. The highest BCUT2D eigenvalue weighted by atomic mass is 79.9. The van der Waals surface area contributed by atoms with Crippen LogP contribution in [0.15, 0.2) is 46.9 Å². The summed E-state index contributed by atoms with van der Waals surface area (Å²) in [5.74, 6) is -0.441. The van der Waals surface area contributed by atoms with Gasteiger partial charge in [0.1, 0.15) is 6.17 Å². The van der Waals surface area contributed by atoms with E-state index in [0.29, 0.717) is 21.3 Å². The van der Waals surface area contributed by atoms with Crippen molar-refractivity contribution in [2.24, 2.45) is 0 Å². The van der Waals surface area contributed by atoms with Crippen LogP contribution in [0.1, 0.15) is 10.4 Å². The molecule has 0 fully saturated rings. The van der Waals surface area contributed by atoms with Crippen molar-refractivity contribution in [3.8, 4) is 0 Å². The van der Waals surface area contributed by atoms with E-state index in [1.165, 1.54) is 0 Å². The van der Waals surface area contributed by atoms with Crippen molar-refractivity contribution in [2.75, 3.05) is 5.32 Å². The first kappa shape index (κ1) is 22.8. The van der Waals surface area contributed by atoms with Crippen LogP contribution in [0.4, 0.5) is 5.69 Å². The molecule has 0 radical (unpaired) electrons. The van der Waals surface area contributed by atoms with Gasteiger partial charge in [-0.15, -0.1) is 0 Å². The number of alkyl halides is 3. The molecule has 11 heteroatoms. The molecular formula is C16H11BrCl5N3OS. The molecule has 2 aromatic rings. The normalized spacial score (nSPS) is 12.2. The smallest absolute Gasteiger partial charge is 0.252 e. The Morgan fingerprint density at radius 1 is 1.00 bits per heavy atom. The number of thiocarbonyl (C=S) groups is 1. The van der Waals surface area contributed by atoms with Crippen LogP contribution >= 0.6 is 86.2 Å². The molecule has 0 aliphatic rings. The second-order valence-corrected chi connectivity index (χ2v) is 9.69. The molecule has 27 heavy (non-hydrogen) atoms. The summed E-state index contributed by atoms with van der Waals surface area (Å²) in [7, 11) is 0. The van der Waals surface area contributed by atoms with E-state index >= 15 is 0 Å². The number of hydrogen-bond acceptors (Lipinski definition) is 2. The van der Waals surface area contributed by atoms with Crippen molar-refractivity contribution in [1.29, 1.82) is 0 Å². The molecule has 2 rings (SSSR count). The van der Waals surface area contributed by atoms with Gasteiger partial charge in [0.05, 0.1) is 10.0 Å². The maximum absolute atomic E-state index is 12.4. The van der Waals surface area contributed by atoms with Gasteiger partial charge >= 0.3 is 0 Å². The predicted octanol–water partition coefficient (Wildman–Crippen LogP) is 6.17. The lowest BCUT2D eigenvalue weighted by atomic mass is 10.2. The van der Waals surface area contributed by atoms with Gasteiger partial charge in [0.2, 0.25) is 3.79 Å². The minimum absolute atomic E-state index is 0.112. The average molecular weight is 551 g/mol. The van der Waals surface area contributed by atoms with E-state index < -0.39 is 15.9 Å². The topological polar surface area (TPSA) is 53.2 Å². The Bertz CT molecular complexity index is 845. The maximum atomic E-state index is 12.4. The zero-order chi connectivity index (χ0) is 20.2. The van der Waals surface area contributed by atoms with Crippen LogP contribution in [-0.2, 0) is 0 Å². The van der Waals surface area contributed by atoms with E-state index in [-0.39, 0.29) is 5.11 Å². The fraction of sp³-hybridized carbons (Fsp3) is 0.125. The molecule has 1 amide bonds. The van der Waals surface area contributed by atoms with E-state index in [2.05, 4.69) is 31.9 Å². The number of rotatable bonds is 4. The molecule has 0 aliphatic carbocycles. The summed E-state index contributed by atoms with van der Waals surface area (Å²) in [5.41, 5.74) is 0.965. The summed E-state index contributed by atoms with van der Waals surface area (Å²) in [5, 5.41) is 9.10. The van der Waals surface area contributed by atoms with Crippen LogP contribution in [0.5, 0.6) is 0 Å². The van der Waals surface area contributed by atoms with Crippen LogP contribution < -0.4 is 16.0 Å². The van der Waals surface area contributed by atoms with Crippen LogP contribution in [-0.4, -0.2) is 21.0 Å². The Labute approximate surface area is 195 Å². The first-order valence-corrected chi connectivity index (χ1v) is 10.3. The summed E-state index contributed by atoms with van der Waals surface area (Å²) in [4.78, 5) is 12.4. The molecule has 1 atom stereocenters. The molecule has 144 valence electrons. The van der Waals surface area contributed by atoms with Gasteiger partial charge in [0.25, 0.3) is 5.91 Å². The number of halogens is 6. The molecule has 2 aromatic carbocycles. The molecule has 0 saturated carbocycles. The number of benzene rings is 2. The summed E-state index contributed by atoms with van der Waals surface area (Å²) < 4.78 is -1.03. The molecule has 0 spiro atoms. The Morgan fingerprint density at radius 3 is 2.19 bits per heavy atom. The van der Waals surface area contributed by atoms with Crippen molar-refractivity contribution in [2.45, 2.75) is 9.96 Å². The van der Waals surface area contributed by atoms with Gasteiger partial charge in [-0.05, 0) is 54.7 Å². The quantitative estimate of drug-likeness (QED) is 0.242. The number of hydrogen-bond donors (Lipinski definition) is 3. The fourth-order valence-electron chi connectivity index (χ4n) is 1.89. The molecular weight excluding hydrogens is 539 g/mol. The first-order valence-electron chi connectivity index (χ1n) is 7.22. The molecule has 0 bridgehead atoms. The zero-order valence-electron chi connectivity index (χ0n) is 13.2. The van der Waals surface area contributed by atoms with Crippen molar-refractivity contribution < 1.29 is 4.79 Å². The van der Waals surface area contributed by atoms with Crippen LogP contribution in [0, 0.1) is 0 Å². The highest BCUT2D eigenvalue weighted by molar-refractivity contribution is 9.10. The SMILES string of the molecule is O=C(N[C@@H](NC(=S)Nc1ccc(Cl)c(Cl)c1)C(Cl)(Cl)Cl)c1ccc(Br)cc1. The molecule has 0 unspecified atom stereocenters. The zero-order valence-corrected chi connectivity index (χ0v) is 19.4. The Kier molecular flexibility index (Phi) is 8.31. The number of anilines is 1. The lowest BCUT2D eigenvalue weighted by Crippen LogP contribution is -2.56. The summed E-state index contributed by atoms with van der Waals surface area (Å²) in [6.45, 7) is 0. The largest absolute Gasteiger partial charge is 0.339 e. The standard InChI is InChI=1S/C16H11BrCl5N3OS/c17-9-3-1-8(2-4-9)13(26)24-14(16(20,21)22)25-15(27)23-10-5-6-11(18)12(19)7-10/h1-7,14H,(H,24,26)(H2,23,25,27)/t14-/m0/s1. The van der Waals surface area contributed by atoms with Crippen LogP contribution in [0.3, 0.4) is 0 Å². The van der Waals surface area contributed by atoms with Gasteiger partial charge in [0, 0.05) is 15.7 Å². The van der Waals surface area contributed by atoms with Crippen molar-refractivity contribution in [3.63, 3.8) is 0 Å². The molecule has 0 aliphatic heterocycles. The summed E-state index contributed by atoms with van der Waals surface area (Å²) >= 11 is 38.3. The molecule has 4 nitrogen and oxygen atoms in total. The van der Waals surface area contributed by atoms with Gasteiger partial charge in [-0.1, -0.05) is 73.9 Å². The van der Waals surface area contributed by atoms with Crippen molar-refractivity contribution in [3.05, 3.63) is 62.5 Å². The molecule has 0 saturated heterocycles. The van der Waals surface area contributed by atoms with Gasteiger partial charge in [0.15, 0.2) is 5.11 Å². The van der Waals surface area contributed by atoms with E-state index in [0.717, 1.165) is 4.47 Å². The van der Waals surface area contributed by atoms with Crippen molar-refractivity contribution in [1.82, 2.24) is 10.6 Å². The second-order valence-electron chi connectivity index (χ2n) is 5.18. The lowest BCUT2D eigenvalue weighted by molar-refractivity contribution is 0.0934. The maximum Gasteiger partial charge on any atom is 0.252 e. The molecule has 3 N–H and O–H groups in total. The Balaban J connectivity index is 2.07. The summed E-state index contributed by atoms with van der Waals surface area (Å²) in [6, 6.07) is 11.6. The van der Waals surface area contributed by atoms with E-state index in [1.54, 1.807) is 42.5 Å². The molecule has 0 aromatic heterocycles.